The maximum Gasteiger partial charge on any atom is 0.253 e. The van der Waals surface area contributed by atoms with Gasteiger partial charge >= 0.3 is 0 Å². The van der Waals surface area contributed by atoms with Gasteiger partial charge in [0.25, 0.3) is 10.9 Å². The van der Waals surface area contributed by atoms with Gasteiger partial charge in [0.15, 0.2) is 0 Å². The maximum absolute atomic E-state index is 12.6. The zero-order valence-corrected chi connectivity index (χ0v) is 17.7. The summed E-state index contributed by atoms with van der Waals surface area (Å²) in [5.41, 5.74) is 2.39. The lowest BCUT2D eigenvalue weighted by Crippen LogP contribution is -2.45. The van der Waals surface area contributed by atoms with Crippen LogP contribution in [0.1, 0.15) is 50.5 Å². The SMILES string of the molecule is Cc1cccc(NC(=O)C2CCC(CNc3c(N4CCCCC4)c(=O)c3=O)CC2)c1. The number of hydrogen-bond acceptors (Lipinski definition) is 5. The summed E-state index contributed by atoms with van der Waals surface area (Å²) >= 11 is 0. The minimum absolute atomic E-state index is 0.0387. The van der Waals surface area contributed by atoms with E-state index in [0.717, 1.165) is 62.9 Å². The molecule has 1 saturated carbocycles. The second-order valence-electron chi connectivity index (χ2n) is 8.89. The number of rotatable bonds is 6. The first kappa shape index (κ1) is 20.6. The highest BCUT2D eigenvalue weighted by Gasteiger charge is 2.29. The van der Waals surface area contributed by atoms with Crippen molar-refractivity contribution in [1.29, 1.82) is 0 Å². The summed E-state index contributed by atoms with van der Waals surface area (Å²) in [6, 6.07) is 7.87. The molecular formula is C24H31N3O3. The second kappa shape index (κ2) is 9.02. The number of carbonyl (C=O) groups is 1. The van der Waals surface area contributed by atoms with Crippen LogP contribution in [0.2, 0.25) is 0 Å². The molecule has 2 aliphatic rings. The lowest BCUT2D eigenvalue weighted by atomic mass is 9.81. The Labute approximate surface area is 177 Å². The van der Waals surface area contributed by atoms with E-state index < -0.39 is 0 Å². The van der Waals surface area contributed by atoms with E-state index in [-0.39, 0.29) is 22.7 Å². The van der Waals surface area contributed by atoms with Crippen LogP contribution in [0, 0.1) is 18.8 Å². The van der Waals surface area contributed by atoms with Crippen molar-refractivity contribution in [3.63, 3.8) is 0 Å². The molecule has 4 rings (SSSR count). The number of carbonyl (C=O) groups excluding carboxylic acids is 1. The average Bonchev–Trinajstić information content (AvgIpc) is 2.77. The van der Waals surface area contributed by atoms with Crippen LogP contribution in [0.3, 0.4) is 0 Å². The van der Waals surface area contributed by atoms with Crippen LogP contribution in [-0.2, 0) is 4.79 Å². The van der Waals surface area contributed by atoms with Crippen molar-refractivity contribution in [1.82, 2.24) is 0 Å². The van der Waals surface area contributed by atoms with Crippen LogP contribution in [0.5, 0.6) is 0 Å². The Morgan fingerprint density at radius 3 is 2.47 bits per heavy atom. The van der Waals surface area contributed by atoms with E-state index >= 15 is 0 Å². The van der Waals surface area contributed by atoms with Crippen molar-refractivity contribution in [3.8, 4) is 0 Å². The van der Waals surface area contributed by atoms with Gasteiger partial charge < -0.3 is 15.5 Å². The molecule has 1 saturated heterocycles. The van der Waals surface area contributed by atoms with Crippen LogP contribution in [0.25, 0.3) is 0 Å². The summed E-state index contributed by atoms with van der Waals surface area (Å²) in [5.74, 6) is 0.560. The van der Waals surface area contributed by atoms with Gasteiger partial charge in [-0.25, -0.2) is 0 Å². The molecule has 0 unspecified atom stereocenters. The van der Waals surface area contributed by atoms with Crippen LogP contribution in [0.15, 0.2) is 33.9 Å². The average molecular weight is 410 g/mol. The molecule has 0 spiro atoms. The van der Waals surface area contributed by atoms with Gasteiger partial charge in [0, 0.05) is 31.2 Å². The van der Waals surface area contributed by atoms with Gasteiger partial charge in [-0.15, -0.1) is 0 Å². The van der Waals surface area contributed by atoms with Gasteiger partial charge in [0.2, 0.25) is 5.91 Å². The van der Waals surface area contributed by atoms with E-state index in [2.05, 4.69) is 15.5 Å². The topological polar surface area (TPSA) is 78.5 Å². The first-order valence-electron chi connectivity index (χ1n) is 11.2. The van der Waals surface area contributed by atoms with Crippen molar-refractivity contribution >= 4 is 23.0 Å². The Bertz CT molecular complexity index is 962. The summed E-state index contributed by atoms with van der Waals surface area (Å²) in [7, 11) is 0. The molecule has 2 fully saturated rings. The predicted molar refractivity (Wildman–Crippen MR) is 121 cm³/mol. The summed E-state index contributed by atoms with van der Waals surface area (Å²) in [6.07, 6.45) is 6.96. The molecule has 1 aliphatic carbocycles. The molecular weight excluding hydrogens is 378 g/mol. The molecule has 2 N–H and O–H groups in total. The van der Waals surface area contributed by atoms with E-state index in [1.54, 1.807) is 0 Å². The fourth-order valence-corrected chi connectivity index (χ4v) is 4.81. The highest BCUT2D eigenvalue weighted by atomic mass is 16.2. The number of nitrogens with zero attached hydrogens (tertiary/aromatic N) is 1. The van der Waals surface area contributed by atoms with Gasteiger partial charge in [-0.1, -0.05) is 12.1 Å². The van der Waals surface area contributed by atoms with Gasteiger partial charge in [0.1, 0.15) is 11.4 Å². The monoisotopic (exact) mass is 409 g/mol. The number of anilines is 3. The maximum atomic E-state index is 12.6. The Balaban J connectivity index is 1.27. The molecule has 2 aromatic rings. The fourth-order valence-electron chi connectivity index (χ4n) is 4.81. The zero-order valence-electron chi connectivity index (χ0n) is 17.7. The molecule has 2 aromatic carbocycles. The normalized spacial score (nSPS) is 22.1. The van der Waals surface area contributed by atoms with Crippen LogP contribution in [0.4, 0.5) is 17.1 Å². The molecule has 30 heavy (non-hydrogen) atoms. The highest BCUT2D eigenvalue weighted by molar-refractivity contribution is 5.92. The van der Waals surface area contributed by atoms with Crippen LogP contribution < -0.4 is 26.4 Å². The summed E-state index contributed by atoms with van der Waals surface area (Å²) < 4.78 is 0. The zero-order chi connectivity index (χ0) is 21.1. The summed E-state index contributed by atoms with van der Waals surface area (Å²) in [5, 5.41) is 6.31. The largest absolute Gasteiger partial charge is 0.380 e. The first-order chi connectivity index (χ1) is 14.5. The van der Waals surface area contributed by atoms with E-state index in [4.69, 9.17) is 0 Å². The third kappa shape index (κ3) is 4.42. The lowest BCUT2D eigenvalue weighted by molar-refractivity contribution is -0.121. The molecule has 0 radical (unpaired) electrons. The van der Waals surface area contributed by atoms with Crippen molar-refractivity contribution < 1.29 is 4.79 Å². The van der Waals surface area contributed by atoms with E-state index in [1.165, 1.54) is 6.42 Å². The third-order valence-corrected chi connectivity index (χ3v) is 6.63. The Morgan fingerprint density at radius 1 is 1.03 bits per heavy atom. The van der Waals surface area contributed by atoms with Gasteiger partial charge in [-0.3, -0.25) is 14.4 Å². The summed E-state index contributed by atoms with van der Waals surface area (Å²) in [6.45, 7) is 4.43. The fraction of sp³-hybridized carbons (Fsp3) is 0.542. The minimum Gasteiger partial charge on any atom is -0.380 e. The Hall–Kier alpha value is -2.63. The number of aryl methyl sites for hydroxylation is 1. The van der Waals surface area contributed by atoms with Crippen molar-refractivity contribution in [2.75, 3.05) is 35.2 Å². The smallest absolute Gasteiger partial charge is 0.253 e. The van der Waals surface area contributed by atoms with E-state index in [9.17, 15) is 14.4 Å². The van der Waals surface area contributed by atoms with E-state index in [0.29, 0.717) is 23.8 Å². The van der Waals surface area contributed by atoms with Gasteiger partial charge in [-0.05, 0) is 75.5 Å². The van der Waals surface area contributed by atoms with E-state index in [1.807, 2.05) is 31.2 Å². The van der Waals surface area contributed by atoms with Crippen LogP contribution >= 0.6 is 0 Å². The summed E-state index contributed by atoms with van der Waals surface area (Å²) in [4.78, 5) is 38.8. The quantitative estimate of drug-likeness (QED) is 0.715. The number of benzene rings is 1. The molecule has 6 nitrogen and oxygen atoms in total. The Morgan fingerprint density at radius 2 is 1.77 bits per heavy atom. The first-order valence-corrected chi connectivity index (χ1v) is 11.2. The predicted octanol–water partition coefficient (Wildman–Crippen LogP) is 3.44. The molecule has 160 valence electrons. The number of piperidine rings is 1. The molecule has 0 atom stereocenters. The van der Waals surface area contributed by atoms with Gasteiger partial charge in [-0.2, -0.15) is 0 Å². The van der Waals surface area contributed by atoms with Gasteiger partial charge in [0.05, 0.1) is 0 Å². The number of amides is 1. The third-order valence-electron chi connectivity index (χ3n) is 6.63. The molecule has 0 bridgehead atoms. The van der Waals surface area contributed by atoms with Crippen LogP contribution in [-0.4, -0.2) is 25.5 Å². The molecule has 1 aliphatic heterocycles. The molecule has 1 heterocycles. The standard InChI is InChI=1S/C24H31N3O3/c1-16-6-5-7-19(14-16)26-24(30)18-10-8-17(9-11-18)15-25-20-21(23(29)22(20)28)27-12-3-2-4-13-27/h5-7,14,17-18,25H,2-4,8-13,15H2,1H3,(H,26,30). The van der Waals surface area contributed by atoms with Crippen molar-refractivity contribution in [3.05, 3.63) is 50.3 Å². The number of hydrogen-bond donors (Lipinski definition) is 2. The highest BCUT2D eigenvalue weighted by Crippen LogP contribution is 2.31. The second-order valence-corrected chi connectivity index (χ2v) is 8.89. The Kier molecular flexibility index (Phi) is 6.21. The van der Waals surface area contributed by atoms with Crippen molar-refractivity contribution in [2.45, 2.75) is 51.9 Å². The van der Waals surface area contributed by atoms with Crippen molar-refractivity contribution in [2.24, 2.45) is 11.8 Å². The molecule has 1 amide bonds. The molecule has 6 heteroatoms. The minimum atomic E-state index is -0.373. The lowest BCUT2D eigenvalue weighted by Gasteiger charge is -2.32. The molecule has 0 aromatic heterocycles. The number of nitrogens with one attached hydrogen (secondary N) is 2.